The van der Waals surface area contributed by atoms with Gasteiger partial charge in [-0.15, -0.1) is 5.10 Å². The Morgan fingerprint density at radius 2 is 1.92 bits per heavy atom. The van der Waals surface area contributed by atoms with E-state index < -0.39 is 17.2 Å². The first kappa shape index (κ1) is 23.0. The number of halogens is 1. The lowest BCUT2D eigenvalue weighted by Gasteiger charge is -2.40. The van der Waals surface area contributed by atoms with Gasteiger partial charge < -0.3 is 10.8 Å². The van der Waals surface area contributed by atoms with Crippen molar-refractivity contribution in [1.82, 2.24) is 29.9 Å². The highest BCUT2D eigenvalue weighted by Gasteiger charge is 2.41. The zero-order chi connectivity index (χ0) is 25.3. The van der Waals surface area contributed by atoms with Crippen molar-refractivity contribution in [3.8, 4) is 28.7 Å². The molecule has 0 bridgehead atoms. The van der Waals surface area contributed by atoms with Crippen LogP contribution in [-0.2, 0) is 16.8 Å². The zero-order valence-corrected chi connectivity index (χ0v) is 19.1. The van der Waals surface area contributed by atoms with Gasteiger partial charge in [0.1, 0.15) is 17.6 Å². The van der Waals surface area contributed by atoms with E-state index in [1.807, 2.05) is 24.3 Å². The quantitative estimate of drug-likeness (QED) is 0.401. The van der Waals surface area contributed by atoms with Crippen molar-refractivity contribution in [3.63, 3.8) is 0 Å². The van der Waals surface area contributed by atoms with Crippen molar-refractivity contribution in [2.75, 3.05) is 5.73 Å². The normalized spacial score (nSPS) is 14.1. The van der Waals surface area contributed by atoms with Crippen LogP contribution in [0, 0.1) is 17.1 Å². The molecule has 10 nitrogen and oxygen atoms in total. The second kappa shape index (κ2) is 9.14. The van der Waals surface area contributed by atoms with Crippen LogP contribution >= 0.6 is 0 Å². The molecule has 1 aromatic carbocycles. The maximum Gasteiger partial charge on any atom is 0.304 e. The average Bonchev–Trinajstić information content (AvgIpc) is 3.30. The molecule has 0 amide bonds. The number of aliphatic carboxylic acids is 1. The highest BCUT2D eigenvalue weighted by Crippen LogP contribution is 2.45. The Labute approximate surface area is 205 Å². The monoisotopic (exact) mass is 484 g/mol. The van der Waals surface area contributed by atoms with E-state index in [1.165, 1.54) is 18.2 Å². The first-order chi connectivity index (χ1) is 17.4. The van der Waals surface area contributed by atoms with Crippen LogP contribution in [0.1, 0.15) is 42.6 Å². The summed E-state index contributed by atoms with van der Waals surface area (Å²) in [5.74, 6) is -1.59. The smallest absolute Gasteiger partial charge is 0.304 e. The number of nitriles is 1. The fraction of sp³-hybridized carbons (Fsp3) is 0.240. The molecular weight excluding hydrogens is 463 g/mol. The van der Waals surface area contributed by atoms with Crippen LogP contribution in [0.25, 0.3) is 22.6 Å². The third-order valence-electron chi connectivity index (χ3n) is 6.41. The van der Waals surface area contributed by atoms with E-state index in [9.17, 15) is 14.3 Å². The maximum atomic E-state index is 14.7. The van der Waals surface area contributed by atoms with Gasteiger partial charge in [0, 0.05) is 16.7 Å². The van der Waals surface area contributed by atoms with Gasteiger partial charge in [-0.2, -0.15) is 5.26 Å². The summed E-state index contributed by atoms with van der Waals surface area (Å²) in [6, 6.07) is 13.4. The molecule has 4 aromatic rings. The Kier molecular flexibility index (Phi) is 5.85. The number of carboxylic acids is 1. The molecule has 11 heteroatoms. The number of nitrogen functional groups attached to an aromatic ring is 1. The number of hydrogen-bond acceptors (Lipinski definition) is 8. The van der Waals surface area contributed by atoms with Crippen molar-refractivity contribution in [2.45, 2.75) is 37.6 Å². The molecule has 1 fully saturated rings. The van der Waals surface area contributed by atoms with Gasteiger partial charge in [0.2, 0.25) is 5.95 Å². The lowest BCUT2D eigenvalue weighted by molar-refractivity contribution is -0.139. The number of carboxylic acid groups (broad SMARTS) is 1. The molecule has 0 aliphatic heterocycles. The van der Waals surface area contributed by atoms with Crippen molar-refractivity contribution in [3.05, 3.63) is 71.4 Å². The molecule has 1 saturated carbocycles. The third-order valence-corrected chi connectivity index (χ3v) is 6.41. The number of aromatic nitrogens is 6. The molecular formula is C25H21FN8O2. The first-order valence-corrected chi connectivity index (χ1v) is 11.3. The molecule has 0 unspecified atom stereocenters. The SMILES string of the molecule is N#Cc1cccc(-c2cc(-c3cn(Cc4cccc(C5(CC(=O)O)CCC5)n4)nn3)nc(N)n2)c1F. The molecule has 180 valence electrons. The van der Waals surface area contributed by atoms with Crippen LogP contribution in [0.3, 0.4) is 0 Å². The highest BCUT2D eigenvalue weighted by molar-refractivity contribution is 5.69. The first-order valence-electron chi connectivity index (χ1n) is 11.3. The van der Waals surface area contributed by atoms with Gasteiger partial charge in [0.25, 0.3) is 0 Å². The van der Waals surface area contributed by atoms with Crippen LogP contribution in [0.2, 0.25) is 0 Å². The number of nitrogens with zero attached hydrogens (tertiary/aromatic N) is 7. The van der Waals surface area contributed by atoms with Crippen LogP contribution in [0.4, 0.5) is 10.3 Å². The minimum Gasteiger partial charge on any atom is -0.481 e. The Morgan fingerprint density at radius 1 is 1.14 bits per heavy atom. The minimum absolute atomic E-state index is 0.0618. The Morgan fingerprint density at radius 3 is 2.64 bits per heavy atom. The van der Waals surface area contributed by atoms with Crippen molar-refractivity contribution in [1.29, 1.82) is 5.26 Å². The molecule has 0 atom stereocenters. The summed E-state index contributed by atoms with van der Waals surface area (Å²) < 4.78 is 16.3. The van der Waals surface area contributed by atoms with Gasteiger partial charge in [-0.05, 0) is 43.2 Å². The molecule has 1 aliphatic rings. The predicted octanol–water partition coefficient (Wildman–Crippen LogP) is 3.33. The highest BCUT2D eigenvalue weighted by atomic mass is 19.1. The molecule has 0 radical (unpaired) electrons. The van der Waals surface area contributed by atoms with Crippen molar-refractivity contribution < 1.29 is 14.3 Å². The summed E-state index contributed by atoms with van der Waals surface area (Å²) in [5.41, 5.74) is 7.97. The summed E-state index contributed by atoms with van der Waals surface area (Å²) in [6.07, 6.45) is 4.32. The number of carbonyl (C=O) groups is 1. The van der Waals surface area contributed by atoms with Gasteiger partial charge in [0.05, 0.1) is 41.8 Å². The molecule has 3 heterocycles. The number of anilines is 1. The fourth-order valence-electron chi connectivity index (χ4n) is 4.49. The summed E-state index contributed by atoms with van der Waals surface area (Å²) in [6.45, 7) is 0.316. The second-order valence-electron chi connectivity index (χ2n) is 8.80. The Hall–Kier alpha value is -4.72. The van der Waals surface area contributed by atoms with E-state index in [0.717, 1.165) is 30.7 Å². The Bertz CT molecular complexity index is 1510. The number of pyridine rings is 1. The van der Waals surface area contributed by atoms with Crippen LogP contribution in [-0.4, -0.2) is 41.0 Å². The third kappa shape index (κ3) is 4.36. The lowest BCUT2D eigenvalue weighted by atomic mass is 9.64. The van der Waals surface area contributed by atoms with Gasteiger partial charge >= 0.3 is 5.97 Å². The van der Waals surface area contributed by atoms with E-state index in [0.29, 0.717) is 17.9 Å². The molecule has 0 saturated heterocycles. The van der Waals surface area contributed by atoms with Crippen LogP contribution < -0.4 is 5.73 Å². The summed E-state index contributed by atoms with van der Waals surface area (Å²) >= 11 is 0. The van der Waals surface area contributed by atoms with E-state index in [-0.39, 0.29) is 29.2 Å². The number of rotatable bonds is 7. The average molecular weight is 484 g/mol. The van der Waals surface area contributed by atoms with Gasteiger partial charge in [-0.3, -0.25) is 9.78 Å². The second-order valence-corrected chi connectivity index (χ2v) is 8.80. The predicted molar refractivity (Wildman–Crippen MR) is 127 cm³/mol. The van der Waals surface area contributed by atoms with E-state index in [2.05, 4.69) is 20.3 Å². The number of benzene rings is 1. The molecule has 0 spiro atoms. The van der Waals surface area contributed by atoms with E-state index >= 15 is 0 Å². The van der Waals surface area contributed by atoms with E-state index in [1.54, 1.807) is 16.9 Å². The minimum atomic E-state index is -0.828. The molecule has 5 rings (SSSR count). The van der Waals surface area contributed by atoms with Gasteiger partial charge in [-0.25, -0.2) is 19.0 Å². The zero-order valence-electron chi connectivity index (χ0n) is 19.1. The fourth-order valence-corrected chi connectivity index (χ4v) is 4.49. The number of nitrogens with two attached hydrogens (primary N) is 1. The summed E-state index contributed by atoms with van der Waals surface area (Å²) in [7, 11) is 0. The molecule has 1 aliphatic carbocycles. The van der Waals surface area contributed by atoms with Gasteiger partial charge in [0.15, 0.2) is 0 Å². The van der Waals surface area contributed by atoms with E-state index in [4.69, 9.17) is 16.0 Å². The largest absolute Gasteiger partial charge is 0.481 e. The topological polar surface area (TPSA) is 156 Å². The lowest BCUT2D eigenvalue weighted by Crippen LogP contribution is -2.37. The van der Waals surface area contributed by atoms with Crippen molar-refractivity contribution >= 4 is 11.9 Å². The van der Waals surface area contributed by atoms with Crippen LogP contribution in [0.5, 0.6) is 0 Å². The maximum absolute atomic E-state index is 14.7. The van der Waals surface area contributed by atoms with Gasteiger partial charge in [-0.1, -0.05) is 23.8 Å². The molecule has 3 N–H and O–H groups in total. The standard InChI is InChI=1S/C25H21FN8O2/c26-23-15(12-27)4-1-6-17(23)18-10-19(31-24(28)30-18)20-14-34(33-32-20)13-16-5-2-7-21(29-16)25(8-3-9-25)11-22(35)36/h1-2,4-7,10,14H,3,8-9,11,13H2,(H,35,36)(H2,28,30,31). The number of hydrogen-bond donors (Lipinski definition) is 2. The van der Waals surface area contributed by atoms with Crippen LogP contribution in [0.15, 0.2) is 48.7 Å². The molecule has 36 heavy (non-hydrogen) atoms. The summed E-state index contributed by atoms with van der Waals surface area (Å²) in [4.78, 5) is 24.4. The Balaban J connectivity index is 1.41. The molecule has 3 aromatic heterocycles. The summed E-state index contributed by atoms with van der Waals surface area (Å²) in [5, 5.41) is 26.8. The van der Waals surface area contributed by atoms with Crippen molar-refractivity contribution in [2.24, 2.45) is 0 Å².